The number of nitrogens with zero attached hydrogens (tertiary/aromatic N) is 2. The monoisotopic (exact) mass is 374 g/mol. The number of hydrogen-bond acceptors (Lipinski definition) is 5. The highest BCUT2D eigenvalue weighted by molar-refractivity contribution is 5.39. The Morgan fingerprint density at radius 3 is 2.59 bits per heavy atom. The molecular formula is C21H27FN2O3. The average molecular weight is 374 g/mol. The molecule has 3 rings (SSSR count). The molecule has 0 aromatic heterocycles. The maximum Gasteiger partial charge on any atom is 0.123 e. The molecule has 1 heterocycles. The highest BCUT2D eigenvalue weighted by Gasteiger charge is 2.27. The largest absolute Gasteiger partial charge is 0.508 e. The molecule has 5 nitrogen and oxygen atoms in total. The zero-order chi connectivity index (χ0) is 19.2. The fourth-order valence-corrected chi connectivity index (χ4v) is 3.61. The predicted molar refractivity (Wildman–Crippen MR) is 102 cm³/mol. The first-order valence-corrected chi connectivity index (χ1v) is 9.26. The Labute approximate surface area is 159 Å². The molecule has 1 aliphatic rings. The molecule has 0 aliphatic carbocycles. The molecule has 2 aromatic carbocycles. The fourth-order valence-electron chi connectivity index (χ4n) is 3.61. The first-order valence-electron chi connectivity index (χ1n) is 9.26. The van der Waals surface area contributed by atoms with Crippen LogP contribution in [-0.2, 0) is 13.1 Å². The number of methoxy groups -OCH3 is 1. The van der Waals surface area contributed by atoms with Gasteiger partial charge in [-0.15, -0.1) is 0 Å². The summed E-state index contributed by atoms with van der Waals surface area (Å²) in [5.74, 6) is 0.765. The Morgan fingerprint density at radius 2 is 1.89 bits per heavy atom. The number of ether oxygens (including phenoxy) is 1. The van der Waals surface area contributed by atoms with Crippen LogP contribution in [0.3, 0.4) is 0 Å². The maximum atomic E-state index is 13.1. The second-order valence-electron chi connectivity index (χ2n) is 6.99. The molecule has 6 heteroatoms. The molecule has 0 spiro atoms. The molecule has 146 valence electrons. The van der Waals surface area contributed by atoms with Gasteiger partial charge in [0.05, 0.1) is 7.11 Å². The zero-order valence-corrected chi connectivity index (χ0v) is 15.6. The minimum atomic E-state index is -0.228. The number of benzene rings is 2. The van der Waals surface area contributed by atoms with Gasteiger partial charge in [-0.05, 0) is 42.3 Å². The van der Waals surface area contributed by atoms with E-state index >= 15 is 0 Å². The van der Waals surface area contributed by atoms with Crippen molar-refractivity contribution >= 4 is 0 Å². The minimum absolute atomic E-state index is 0.128. The summed E-state index contributed by atoms with van der Waals surface area (Å²) in [5, 5.41) is 19.6. The third-order valence-corrected chi connectivity index (χ3v) is 5.13. The Balaban J connectivity index is 1.65. The van der Waals surface area contributed by atoms with Crippen molar-refractivity contribution in [1.82, 2.24) is 9.80 Å². The van der Waals surface area contributed by atoms with Crippen molar-refractivity contribution in [3.8, 4) is 11.5 Å². The van der Waals surface area contributed by atoms with Crippen molar-refractivity contribution in [2.24, 2.45) is 0 Å². The molecule has 0 bridgehead atoms. The van der Waals surface area contributed by atoms with Gasteiger partial charge in [0.1, 0.15) is 17.3 Å². The number of piperazine rings is 1. The molecule has 0 saturated carbocycles. The van der Waals surface area contributed by atoms with Crippen LogP contribution in [-0.4, -0.2) is 59.4 Å². The Morgan fingerprint density at radius 1 is 1.11 bits per heavy atom. The van der Waals surface area contributed by atoms with Gasteiger partial charge in [0, 0.05) is 50.9 Å². The van der Waals surface area contributed by atoms with E-state index in [1.807, 2.05) is 18.2 Å². The van der Waals surface area contributed by atoms with Crippen LogP contribution in [0.25, 0.3) is 0 Å². The van der Waals surface area contributed by atoms with E-state index in [9.17, 15) is 14.6 Å². The molecule has 2 aromatic rings. The lowest BCUT2D eigenvalue weighted by Gasteiger charge is -2.41. The summed E-state index contributed by atoms with van der Waals surface area (Å²) in [6.07, 6.45) is 0.682. The van der Waals surface area contributed by atoms with Gasteiger partial charge in [-0.3, -0.25) is 9.80 Å². The number of aliphatic hydroxyl groups is 1. The normalized spacial score (nSPS) is 18.6. The summed E-state index contributed by atoms with van der Waals surface area (Å²) >= 11 is 0. The topological polar surface area (TPSA) is 56.2 Å². The van der Waals surface area contributed by atoms with Gasteiger partial charge in [0.25, 0.3) is 0 Å². The van der Waals surface area contributed by atoms with Crippen LogP contribution in [0, 0.1) is 5.82 Å². The second-order valence-corrected chi connectivity index (χ2v) is 6.99. The van der Waals surface area contributed by atoms with E-state index in [-0.39, 0.29) is 24.2 Å². The highest BCUT2D eigenvalue weighted by Crippen LogP contribution is 2.26. The van der Waals surface area contributed by atoms with Crippen molar-refractivity contribution in [3.63, 3.8) is 0 Å². The predicted octanol–water partition coefficient (Wildman–Crippen LogP) is 2.61. The smallest absolute Gasteiger partial charge is 0.123 e. The number of aromatic hydroxyl groups is 1. The number of phenolic OH excluding ortho intramolecular Hbond substituents is 1. The molecule has 27 heavy (non-hydrogen) atoms. The average Bonchev–Trinajstić information content (AvgIpc) is 2.67. The van der Waals surface area contributed by atoms with Crippen LogP contribution in [0.1, 0.15) is 17.5 Å². The lowest BCUT2D eigenvalue weighted by Crippen LogP contribution is -2.52. The number of hydrogen-bond donors (Lipinski definition) is 2. The number of aliphatic hydroxyl groups excluding tert-OH is 1. The van der Waals surface area contributed by atoms with E-state index in [0.29, 0.717) is 13.0 Å². The van der Waals surface area contributed by atoms with Crippen molar-refractivity contribution in [1.29, 1.82) is 0 Å². The molecule has 0 unspecified atom stereocenters. The first kappa shape index (κ1) is 19.6. The summed E-state index contributed by atoms with van der Waals surface area (Å²) < 4.78 is 18.4. The summed E-state index contributed by atoms with van der Waals surface area (Å²) in [4.78, 5) is 4.63. The van der Waals surface area contributed by atoms with Gasteiger partial charge in [-0.2, -0.15) is 0 Å². The highest BCUT2D eigenvalue weighted by atomic mass is 19.1. The van der Waals surface area contributed by atoms with Crippen LogP contribution in [0.2, 0.25) is 0 Å². The Bertz CT molecular complexity index is 739. The maximum absolute atomic E-state index is 13.1. The van der Waals surface area contributed by atoms with Gasteiger partial charge < -0.3 is 14.9 Å². The summed E-state index contributed by atoms with van der Waals surface area (Å²) in [7, 11) is 1.61. The Kier molecular flexibility index (Phi) is 6.66. The van der Waals surface area contributed by atoms with Crippen molar-refractivity contribution < 1.29 is 19.3 Å². The van der Waals surface area contributed by atoms with Crippen molar-refractivity contribution in [2.45, 2.75) is 25.6 Å². The molecule has 0 radical (unpaired) electrons. The van der Waals surface area contributed by atoms with Crippen LogP contribution in [0.15, 0.2) is 42.5 Å². The van der Waals surface area contributed by atoms with Crippen LogP contribution in [0.5, 0.6) is 11.5 Å². The van der Waals surface area contributed by atoms with E-state index in [1.165, 1.54) is 12.1 Å². The lowest BCUT2D eigenvalue weighted by atomic mass is 10.1. The van der Waals surface area contributed by atoms with Crippen LogP contribution >= 0.6 is 0 Å². The van der Waals surface area contributed by atoms with E-state index in [4.69, 9.17) is 4.74 Å². The van der Waals surface area contributed by atoms with Gasteiger partial charge >= 0.3 is 0 Å². The second kappa shape index (κ2) is 9.17. The molecule has 2 N–H and O–H groups in total. The van der Waals surface area contributed by atoms with Crippen LogP contribution < -0.4 is 4.74 Å². The number of halogens is 1. The quantitative estimate of drug-likeness (QED) is 0.780. The molecule has 1 aliphatic heterocycles. The van der Waals surface area contributed by atoms with Crippen LogP contribution in [0.4, 0.5) is 4.39 Å². The molecule has 1 saturated heterocycles. The summed E-state index contributed by atoms with van der Waals surface area (Å²) in [5.41, 5.74) is 1.90. The molecule has 1 fully saturated rings. The van der Waals surface area contributed by atoms with Gasteiger partial charge in [0.15, 0.2) is 0 Å². The fraction of sp³-hybridized carbons (Fsp3) is 0.429. The zero-order valence-electron chi connectivity index (χ0n) is 15.6. The van der Waals surface area contributed by atoms with E-state index in [2.05, 4.69) is 9.80 Å². The number of rotatable bonds is 7. The van der Waals surface area contributed by atoms with Gasteiger partial charge in [-0.1, -0.05) is 12.1 Å². The summed E-state index contributed by atoms with van der Waals surface area (Å²) in [6.45, 7) is 4.02. The van der Waals surface area contributed by atoms with Gasteiger partial charge in [-0.25, -0.2) is 4.39 Å². The van der Waals surface area contributed by atoms with Crippen molar-refractivity contribution in [3.05, 3.63) is 59.4 Å². The minimum Gasteiger partial charge on any atom is -0.508 e. The SMILES string of the molecule is COc1ccc(O)c(CN2CCN(Cc3ccc(F)cc3)[C@H](CCO)C2)c1. The van der Waals surface area contributed by atoms with Crippen molar-refractivity contribution in [2.75, 3.05) is 33.4 Å². The number of phenols is 1. The first-order chi connectivity index (χ1) is 13.1. The standard InChI is InChI=1S/C21H27FN2O3/c1-27-20-6-7-21(26)17(12-20)14-23-9-10-24(19(15-23)8-11-25)13-16-2-4-18(22)5-3-16/h2-7,12,19,25-26H,8-11,13-15H2,1H3/t19-/m1/s1. The van der Waals surface area contributed by atoms with E-state index in [1.54, 1.807) is 19.2 Å². The van der Waals surface area contributed by atoms with Gasteiger partial charge in [0.2, 0.25) is 0 Å². The lowest BCUT2D eigenvalue weighted by molar-refractivity contribution is 0.0496. The van der Waals surface area contributed by atoms with E-state index in [0.717, 1.165) is 43.1 Å². The molecule has 0 amide bonds. The molecular weight excluding hydrogens is 347 g/mol. The third-order valence-electron chi connectivity index (χ3n) is 5.13. The third kappa shape index (κ3) is 5.19. The summed E-state index contributed by atoms with van der Waals surface area (Å²) in [6, 6.07) is 12.1. The Hall–Kier alpha value is -2.15. The molecule has 1 atom stereocenters. The van der Waals surface area contributed by atoms with E-state index < -0.39 is 0 Å².